The molecule has 92 valence electrons. The maximum Gasteiger partial charge on any atom is 0.147 e. The number of hydrogen-bond acceptors (Lipinski definition) is 4. The van der Waals surface area contributed by atoms with Crippen LogP contribution in [-0.4, -0.2) is 28.0 Å². The van der Waals surface area contributed by atoms with Crippen LogP contribution in [0.1, 0.15) is 24.3 Å². The molecule has 3 heterocycles. The molecule has 18 heavy (non-hydrogen) atoms. The Bertz CT molecular complexity index is 440. The van der Waals surface area contributed by atoms with Gasteiger partial charge in [0.1, 0.15) is 5.82 Å². The summed E-state index contributed by atoms with van der Waals surface area (Å²) in [6.07, 6.45) is 11.5. The first-order valence-electron chi connectivity index (χ1n) is 6.34. The maximum absolute atomic E-state index is 4.38. The van der Waals surface area contributed by atoms with Crippen LogP contribution in [-0.2, 0) is 0 Å². The predicted molar refractivity (Wildman–Crippen MR) is 70.5 cm³/mol. The van der Waals surface area contributed by atoms with Gasteiger partial charge in [-0.1, -0.05) is 0 Å². The molecule has 1 aliphatic rings. The summed E-state index contributed by atoms with van der Waals surface area (Å²) in [5.74, 6) is 1.56. The van der Waals surface area contributed by atoms with Crippen molar-refractivity contribution in [1.82, 2.24) is 15.0 Å². The lowest BCUT2D eigenvalue weighted by molar-refractivity contribution is 0.506. The van der Waals surface area contributed by atoms with Crippen LogP contribution in [0.2, 0.25) is 0 Å². The number of rotatable bonds is 2. The van der Waals surface area contributed by atoms with E-state index in [-0.39, 0.29) is 0 Å². The molecule has 4 nitrogen and oxygen atoms in total. The van der Waals surface area contributed by atoms with Gasteiger partial charge < -0.3 is 4.90 Å². The number of hydrogen-bond donors (Lipinski definition) is 0. The average Bonchev–Trinajstić information content (AvgIpc) is 2.49. The summed E-state index contributed by atoms with van der Waals surface area (Å²) >= 11 is 0. The Morgan fingerprint density at radius 2 is 1.94 bits per heavy atom. The predicted octanol–water partition coefficient (Wildman–Crippen LogP) is 2.26. The number of piperidine rings is 1. The highest BCUT2D eigenvalue weighted by atomic mass is 15.2. The number of nitrogens with zero attached hydrogens (tertiary/aromatic N) is 4. The summed E-state index contributed by atoms with van der Waals surface area (Å²) in [7, 11) is 0. The third-order valence-electron chi connectivity index (χ3n) is 3.47. The van der Waals surface area contributed by atoms with Crippen molar-refractivity contribution in [2.24, 2.45) is 0 Å². The number of anilines is 1. The summed E-state index contributed by atoms with van der Waals surface area (Å²) in [6.45, 7) is 2.09. The van der Waals surface area contributed by atoms with Crippen LogP contribution >= 0.6 is 0 Å². The van der Waals surface area contributed by atoms with Crippen LogP contribution in [0, 0.1) is 0 Å². The quantitative estimate of drug-likeness (QED) is 0.807. The fourth-order valence-corrected chi connectivity index (χ4v) is 2.55. The SMILES string of the molecule is c1cc(C2CCCN(c3cnccn3)C2)ccn1. The van der Waals surface area contributed by atoms with Crippen LogP contribution in [0.15, 0.2) is 43.1 Å². The Labute approximate surface area is 107 Å². The van der Waals surface area contributed by atoms with Crippen molar-refractivity contribution in [3.8, 4) is 0 Å². The summed E-state index contributed by atoms with van der Waals surface area (Å²) in [4.78, 5) is 14.9. The van der Waals surface area contributed by atoms with E-state index in [4.69, 9.17) is 0 Å². The maximum atomic E-state index is 4.38. The largest absolute Gasteiger partial charge is 0.355 e. The van der Waals surface area contributed by atoms with Gasteiger partial charge in [0.15, 0.2) is 0 Å². The molecule has 2 aromatic heterocycles. The van der Waals surface area contributed by atoms with Crippen molar-refractivity contribution in [2.75, 3.05) is 18.0 Å². The second kappa shape index (κ2) is 5.12. The summed E-state index contributed by atoms with van der Waals surface area (Å²) in [6, 6.07) is 4.23. The highest BCUT2D eigenvalue weighted by Crippen LogP contribution is 2.28. The lowest BCUT2D eigenvalue weighted by atomic mass is 9.91. The van der Waals surface area contributed by atoms with Gasteiger partial charge in [-0.05, 0) is 30.5 Å². The molecule has 0 aromatic carbocycles. The fraction of sp³-hybridized carbons (Fsp3) is 0.357. The van der Waals surface area contributed by atoms with Crippen molar-refractivity contribution in [3.63, 3.8) is 0 Å². The number of pyridine rings is 1. The molecule has 0 saturated carbocycles. The van der Waals surface area contributed by atoms with Crippen molar-refractivity contribution >= 4 is 5.82 Å². The molecule has 3 rings (SSSR count). The molecular weight excluding hydrogens is 224 g/mol. The zero-order valence-corrected chi connectivity index (χ0v) is 10.2. The molecule has 0 aliphatic carbocycles. The second-order valence-corrected chi connectivity index (χ2v) is 4.63. The first kappa shape index (κ1) is 11.1. The third-order valence-corrected chi connectivity index (χ3v) is 3.47. The molecule has 2 aromatic rings. The van der Waals surface area contributed by atoms with Gasteiger partial charge in [-0.15, -0.1) is 0 Å². The molecule has 1 atom stereocenters. The van der Waals surface area contributed by atoms with Gasteiger partial charge >= 0.3 is 0 Å². The van der Waals surface area contributed by atoms with Gasteiger partial charge in [0, 0.05) is 43.8 Å². The van der Waals surface area contributed by atoms with Gasteiger partial charge in [0.25, 0.3) is 0 Å². The van der Waals surface area contributed by atoms with Crippen LogP contribution in [0.5, 0.6) is 0 Å². The summed E-state index contributed by atoms with van der Waals surface area (Å²) in [5, 5.41) is 0. The minimum Gasteiger partial charge on any atom is -0.355 e. The highest BCUT2D eigenvalue weighted by molar-refractivity contribution is 5.37. The third kappa shape index (κ3) is 2.32. The molecule has 0 bridgehead atoms. The van der Waals surface area contributed by atoms with Crippen molar-refractivity contribution in [1.29, 1.82) is 0 Å². The lowest BCUT2D eigenvalue weighted by Gasteiger charge is -2.33. The van der Waals surface area contributed by atoms with E-state index in [1.165, 1.54) is 18.4 Å². The highest BCUT2D eigenvalue weighted by Gasteiger charge is 2.22. The van der Waals surface area contributed by atoms with Gasteiger partial charge in [-0.2, -0.15) is 0 Å². The van der Waals surface area contributed by atoms with Gasteiger partial charge in [0.2, 0.25) is 0 Å². The van der Waals surface area contributed by atoms with Crippen LogP contribution in [0.4, 0.5) is 5.82 Å². The van der Waals surface area contributed by atoms with Crippen LogP contribution in [0.25, 0.3) is 0 Å². The van der Waals surface area contributed by atoms with E-state index < -0.39 is 0 Å². The molecular formula is C14H16N4. The second-order valence-electron chi connectivity index (χ2n) is 4.63. The van der Waals surface area contributed by atoms with Gasteiger partial charge in [0.05, 0.1) is 6.20 Å². The van der Waals surface area contributed by atoms with Crippen molar-refractivity contribution < 1.29 is 0 Å². The van der Waals surface area contributed by atoms with Crippen molar-refractivity contribution in [2.45, 2.75) is 18.8 Å². The first-order chi connectivity index (χ1) is 8.93. The zero-order valence-electron chi connectivity index (χ0n) is 10.2. The lowest BCUT2D eigenvalue weighted by Crippen LogP contribution is -2.34. The molecule has 1 fully saturated rings. The van der Waals surface area contributed by atoms with Crippen LogP contribution in [0.3, 0.4) is 0 Å². The molecule has 1 unspecified atom stereocenters. The minimum atomic E-state index is 0.573. The van der Waals surface area contributed by atoms with Crippen molar-refractivity contribution in [3.05, 3.63) is 48.7 Å². The molecule has 1 saturated heterocycles. The monoisotopic (exact) mass is 240 g/mol. The number of aromatic nitrogens is 3. The normalized spacial score (nSPS) is 19.8. The van der Waals surface area contributed by atoms with Gasteiger partial charge in [-0.3, -0.25) is 9.97 Å². The standard InChI is InChI=1S/C14H16N4/c1-2-13(12-3-5-15-6-4-12)11-18(9-1)14-10-16-7-8-17-14/h3-8,10,13H,1-2,9,11H2. The fourth-order valence-electron chi connectivity index (χ4n) is 2.55. The van der Waals surface area contributed by atoms with Crippen LogP contribution < -0.4 is 4.90 Å². The zero-order chi connectivity index (χ0) is 12.2. The van der Waals surface area contributed by atoms with Gasteiger partial charge in [-0.25, -0.2) is 4.98 Å². The smallest absolute Gasteiger partial charge is 0.147 e. The molecule has 4 heteroatoms. The van der Waals surface area contributed by atoms with E-state index in [0.717, 1.165) is 18.9 Å². The molecule has 0 spiro atoms. The van der Waals surface area contributed by atoms with E-state index in [0.29, 0.717) is 5.92 Å². The Hall–Kier alpha value is -1.97. The summed E-state index contributed by atoms with van der Waals surface area (Å²) in [5.41, 5.74) is 1.37. The van der Waals surface area contributed by atoms with E-state index >= 15 is 0 Å². The molecule has 0 amide bonds. The van der Waals surface area contributed by atoms with E-state index in [9.17, 15) is 0 Å². The van der Waals surface area contributed by atoms with E-state index in [1.807, 2.05) is 18.6 Å². The molecule has 1 aliphatic heterocycles. The first-order valence-corrected chi connectivity index (χ1v) is 6.34. The Morgan fingerprint density at radius 1 is 1.06 bits per heavy atom. The van der Waals surface area contributed by atoms with E-state index in [2.05, 4.69) is 32.0 Å². The topological polar surface area (TPSA) is 41.9 Å². The minimum absolute atomic E-state index is 0.573. The molecule has 0 N–H and O–H groups in total. The Kier molecular flexibility index (Phi) is 3.17. The Morgan fingerprint density at radius 3 is 2.72 bits per heavy atom. The molecule has 0 radical (unpaired) electrons. The van der Waals surface area contributed by atoms with E-state index in [1.54, 1.807) is 12.4 Å². The Balaban J connectivity index is 1.77. The summed E-state index contributed by atoms with van der Waals surface area (Å²) < 4.78 is 0. The average molecular weight is 240 g/mol.